The van der Waals surface area contributed by atoms with Gasteiger partial charge in [-0.2, -0.15) is 4.39 Å². The summed E-state index contributed by atoms with van der Waals surface area (Å²) in [6.07, 6.45) is -2.76. The number of halogens is 1. The van der Waals surface area contributed by atoms with Crippen molar-refractivity contribution in [3.05, 3.63) is 35.9 Å². The summed E-state index contributed by atoms with van der Waals surface area (Å²) in [4.78, 5) is 20.9. The van der Waals surface area contributed by atoms with Crippen LogP contribution in [0.5, 0.6) is 0 Å². The van der Waals surface area contributed by atoms with E-state index in [0.29, 0.717) is 0 Å². The van der Waals surface area contributed by atoms with Gasteiger partial charge in [0.05, 0.1) is 0 Å². The molecule has 0 heterocycles. The Balaban J connectivity index is -0.000000750. The molecule has 0 spiro atoms. The molecule has 1 rings (SSSR count). The van der Waals surface area contributed by atoms with Crippen LogP contribution in [-0.4, -0.2) is 40.1 Å². The molecule has 1 aromatic rings. The first-order valence-corrected chi connectivity index (χ1v) is 4.20. The van der Waals surface area contributed by atoms with E-state index in [2.05, 4.69) is 4.74 Å². The summed E-state index contributed by atoms with van der Waals surface area (Å²) in [5, 5.41) is 8.24. The van der Waals surface area contributed by atoms with Gasteiger partial charge >= 0.3 is 35.0 Å². The molecule has 1 N–H and O–H groups in total. The van der Waals surface area contributed by atoms with Gasteiger partial charge in [0, 0.05) is 5.56 Å². The molecule has 1 unspecified atom stereocenters. The number of aliphatic carboxylic acids is 1. The fourth-order valence-corrected chi connectivity index (χ4v) is 0.953. The maximum atomic E-state index is 13.2. The van der Waals surface area contributed by atoms with Crippen LogP contribution in [0, 0.1) is 0 Å². The fourth-order valence-electron chi connectivity index (χ4n) is 0.953. The molecule has 0 aliphatic carbocycles. The zero-order valence-electron chi connectivity index (χ0n) is 10.4. The Morgan fingerprint density at radius 1 is 1.38 bits per heavy atom. The summed E-state index contributed by atoms with van der Waals surface area (Å²) < 4.78 is 17.5. The predicted octanol–water partition coefficient (Wildman–Crippen LogP) is 1.52. The van der Waals surface area contributed by atoms with Crippen molar-refractivity contribution in [3.63, 3.8) is 0 Å². The molecule has 0 radical (unpaired) electrons. The maximum absolute atomic E-state index is 13.2. The van der Waals surface area contributed by atoms with Gasteiger partial charge in [-0.3, -0.25) is 9.59 Å². The van der Waals surface area contributed by atoms with Crippen LogP contribution in [0.4, 0.5) is 4.39 Å². The maximum Gasteiger partial charge on any atom is 2.00 e. The number of benzene rings is 1. The van der Waals surface area contributed by atoms with Crippen LogP contribution in [-0.2, 0) is 14.3 Å². The molecule has 6 heteroatoms. The van der Waals surface area contributed by atoms with Crippen molar-refractivity contribution in [3.8, 4) is 0 Å². The van der Waals surface area contributed by atoms with Gasteiger partial charge in [-0.05, 0) is 0 Å². The van der Waals surface area contributed by atoms with Gasteiger partial charge in [-0.15, -0.1) is 0 Å². The smallest absolute Gasteiger partial charge is 1.00 e. The van der Waals surface area contributed by atoms with E-state index < -0.39 is 24.7 Å². The van der Waals surface area contributed by atoms with E-state index in [1.54, 1.807) is 18.2 Å². The van der Waals surface area contributed by atoms with E-state index in [4.69, 9.17) is 5.11 Å². The number of ether oxygens (including phenoxy) is 1. The third kappa shape index (κ3) is 5.08. The third-order valence-electron chi connectivity index (χ3n) is 1.59. The van der Waals surface area contributed by atoms with Gasteiger partial charge < -0.3 is 12.7 Å². The van der Waals surface area contributed by atoms with Gasteiger partial charge in [0.15, 0.2) is 0 Å². The predicted molar refractivity (Wildman–Crippen MR) is 56.6 cm³/mol. The Morgan fingerprint density at radius 3 is 2.44 bits per heavy atom. The number of carbonyl (C=O) groups is 2. The number of carboxylic acid groups (broad SMARTS) is 1. The van der Waals surface area contributed by atoms with Crippen LogP contribution in [0.3, 0.4) is 0 Å². The Hall–Kier alpha value is -1.14. The number of esters is 1. The molecule has 16 heavy (non-hydrogen) atoms. The molecule has 0 amide bonds. The first-order chi connectivity index (χ1) is 7.09. The average molecular weight is 238 g/mol. The molecule has 84 valence electrons. The monoisotopic (exact) mass is 238 g/mol. The molecule has 4 nitrogen and oxygen atoms in total. The van der Waals surface area contributed by atoms with Crippen molar-refractivity contribution in [2.45, 2.75) is 12.8 Å². The Morgan fingerprint density at radius 2 is 1.94 bits per heavy atom. The minimum Gasteiger partial charge on any atom is -1.00 e. The van der Waals surface area contributed by atoms with Crippen molar-refractivity contribution in [2.75, 3.05) is 0 Å². The molecule has 0 aliphatic rings. The second kappa shape index (κ2) is 7.18. The van der Waals surface area contributed by atoms with Crippen LogP contribution in [0.15, 0.2) is 30.3 Å². The van der Waals surface area contributed by atoms with Crippen LogP contribution in [0.1, 0.15) is 21.2 Å². The number of hydrogen-bond donors (Lipinski definition) is 1. The molecule has 0 fully saturated rings. The minimum atomic E-state index is -1.92. The Bertz CT molecular complexity index is 364. The van der Waals surface area contributed by atoms with Crippen LogP contribution in [0.2, 0.25) is 0 Å². The van der Waals surface area contributed by atoms with Gasteiger partial charge in [-0.1, -0.05) is 30.3 Å². The molecule has 0 bridgehead atoms. The van der Waals surface area contributed by atoms with Crippen LogP contribution >= 0.6 is 0 Å². The van der Waals surface area contributed by atoms with Crippen LogP contribution in [0.25, 0.3) is 0 Å². The second-order valence-electron chi connectivity index (χ2n) is 2.79. The number of hydrogen-bond acceptors (Lipinski definition) is 3. The van der Waals surface area contributed by atoms with E-state index in [1.807, 2.05) is 0 Å². The van der Waals surface area contributed by atoms with Gasteiger partial charge in [-0.25, -0.2) is 0 Å². The second-order valence-corrected chi connectivity index (χ2v) is 2.79. The molecular weight excluding hydrogens is 227 g/mol. The van der Waals surface area contributed by atoms with E-state index in [-0.39, 0.29) is 31.5 Å². The average Bonchev–Trinajstić information content (AvgIpc) is 2.17. The number of carboxylic acids is 1. The van der Waals surface area contributed by atoms with E-state index in [0.717, 1.165) is 0 Å². The Labute approximate surface area is 111 Å². The van der Waals surface area contributed by atoms with Gasteiger partial charge in [0.2, 0.25) is 0 Å². The third-order valence-corrected chi connectivity index (χ3v) is 1.59. The van der Waals surface area contributed by atoms with Crippen molar-refractivity contribution < 1.29 is 26.7 Å². The summed E-state index contributed by atoms with van der Waals surface area (Å²) in [5.74, 6) is -2.45. The quantitative estimate of drug-likeness (QED) is 0.491. The normalized spacial score (nSPS) is 11.1. The number of alkyl halides is 1. The topological polar surface area (TPSA) is 63.6 Å². The number of rotatable bonds is 4. The van der Waals surface area contributed by atoms with E-state index in [9.17, 15) is 14.0 Å². The van der Waals surface area contributed by atoms with E-state index in [1.165, 1.54) is 12.1 Å². The molecule has 0 aliphatic heterocycles. The first kappa shape index (κ1) is 14.9. The molecular formula is C10H11FMgO4. The minimum absolute atomic E-state index is 0. The summed E-state index contributed by atoms with van der Waals surface area (Å²) >= 11 is 0. The van der Waals surface area contributed by atoms with Gasteiger partial charge in [0.1, 0.15) is 6.42 Å². The van der Waals surface area contributed by atoms with Gasteiger partial charge in [0.25, 0.3) is 6.36 Å². The molecule has 0 saturated heterocycles. The molecule has 0 aromatic heterocycles. The first-order valence-electron chi connectivity index (χ1n) is 4.20. The molecule has 0 saturated carbocycles. The summed E-state index contributed by atoms with van der Waals surface area (Å²) in [6.45, 7) is 0. The molecule has 1 atom stereocenters. The Kier molecular flexibility index (Phi) is 6.67. The summed E-state index contributed by atoms with van der Waals surface area (Å²) in [7, 11) is 0. The molecule has 1 aromatic carbocycles. The van der Waals surface area contributed by atoms with E-state index >= 15 is 0 Å². The van der Waals surface area contributed by atoms with Crippen molar-refractivity contribution in [1.82, 2.24) is 0 Å². The zero-order chi connectivity index (χ0) is 11.3. The van der Waals surface area contributed by atoms with Crippen molar-refractivity contribution >= 4 is 35.0 Å². The standard InChI is InChI=1S/C10H9FO4.Mg.2H/c11-10(7-4-2-1-3-5-7)15-9(14)6-8(12)13;;;/h1-5,10H,6H2,(H,12,13);;;/q;+2;2*-1. The fraction of sp³-hybridized carbons (Fsp3) is 0.200. The van der Waals surface area contributed by atoms with Crippen LogP contribution < -0.4 is 0 Å². The van der Waals surface area contributed by atoms with Crippen molar-refractivity contribution in [2.24, 2.45) is 0 Å². The summed E-state index contributed by atoms with van der Waals surface area (Å²) in [6, 6.07) is 7.76. The number of carbonyl (C=O) groups excluding carboxylic acids is 1. The zero-order valence-corrected chi connectivity index (χ0v) is 9.84. The van der Waals surface area contributed by atoms with Crippen molar-refractivity contribution in [1.29, 1.82) is 0 Å². The SMILES string of the molecule is O=C(O)CC(=O)OC(F)c1ccccc1.[H-].[H-].[Mg+2]. The summed E-state index contributed by atoms with van der Waals surface area (Å²) in [5.41, 5.74) is 0.177. The largest absolute Gasteiger partial charge is 2.00 e.